The first-order valence-electron chi connectivity index (χ1n) is 19.9. The van der Waals surface area contributed by atoms with Crippen LogP contribution < -0.4 is 0 Å². The third-order valence-corrected chi connectivity index (χ3v) is 12.1. The summed E-state index contributed by atoms with van der Waals surface area (Å²) in [6, 6.07) is 17.8. The fourth-order valence-corrected chi connectivity index (χ4v) is 8.36. The number of esters is 1. The SMILES string of the molecule is CCC1OC(=O)C(C)C(=O)C(C)C(OC2OC(C)CC(N(C)C)C2O)C(C)(OC)CC(C)C(=NN=C(C)c2ccc(-c3ccccc3)cc2)C(C)C(O)C1(C)O. The highest BCUT2D eigenvalue weighted by molar-refractivity contribution is 6.00. The Bertz CT molecular complexity index is 1680. The minimum absolute atomic E-state index is 0.173. The second kappa shape index (κ2) is 18.9. The van der Waals surface area contributed by atoms with Crippen LogP contribution >= 0.6 is 0 Å². The van der Waals surface area contributed by atoms with E-state index in [2.05, 4.69) is 5.10 Å². The Morgan fingerprint density at radius 2 is 1.55 bits per heavy atom. The van der Waals surface area contributed by atoms with Crippen LogP contribution in [0.4, 0.5) is 0 Å². The van der Waals surface area contributed by atoms with E-state index >= 15 is 0 Å². The van der Waals surface area contributed by atoms with Gasteiger partial charge in [0.15, 0.2) is 12.1 Å². The third kappa shape index (κ3) is 10.0. The number of carbonyl (C=O) groups excluding carboxylic acids is 2. The predicted molar refractivity (Wildman–Crippen MR) is 217 cm³/mol. The average Bonchev–Trinajstić information content (AvgIpc) is 3.18. The molecule has 2 aromatic rings. The summed E-state index contributed by atoms with van der Waals surface area (Å²) in [6.07, 6.45) is -5.05. The minimum atomic E-state index is -1.92. The largest absolute Gasteiger partial charge is 0.459 e. The molecule has 0 radical (unpaired) electrons. The second-order valence-electron chi connectivity index (χ2n) is 16.6. The lowest BCUT2D eigenvalue weighted by atomic mass is 9.74. The lowest BCUT2D eigenvalue weighted by Gasteiger charge is -2.47. The number of aliphatic hydroxyl groups excluding tert-OH is 2. The monoisotopic (exact) mass is 779 g/mol. The lowest BCUT2D eigenvalue weighted by molar-refractivity contribution is -0.295. The minimum Gasteiger partial charge on any atom is -0.459 e. The van der Waals surface area contributed by atoms with Crippen LogP contribution in [0.5, 0.6) is 0 Å². The maximum atomic E-state index is 14.2. The van der Waals surface area contributed by atoms with E-state index < -0.39 is 77.3 Å². The van der Waals surface area contributed by atoms with Gasteiger partial charge in [0.1, 0.15) is 23.7 Å². The maximum Gasteiger partial charge on any atom is 0.316 e. The molecule has 2 heterocycles. The van der Waals surface area contributed by atoms with Crippen LogP contribution in [-0.4, -0.2) is 119 Å². The van der Waals surface area contributed by atoms with Crippen molar-refractivity contribution in [2.45, 2.75) is 136 Å². The van der Waals surface area contributed by atoms with Crippen LogP contribution in [0.1, 0.15) is 87.1 Å². The van der Waals surface area contributed by atoms with Crippen LogP contribution in [0.25, 0.3) is 11.1 Å². The van der Waals surface area contributed by atoms with Gasteiger partial charge in [-0.25, -0.2) is 0 Å². The molecule has 2 saturated heterocycles. The average molecular weight is 780 g/mol. The number of ether oxygens (including phenoxy) is 4. The quantitative estimate of drug-likeness (QED) is 0.132. The molecular weight excluding hydrogens is 714 g/mol. The van der Waals surface area contributed by atoms with Crippen LogP contribution in [0.15, 0.2) is 64.8 Å². The number of Topliss-reactive ketones (excluding diaryl/α,β-unsaturated/α-hetero) is 1. The molecule has 2 fully saturated rings. The van der Waals surface area contributed by atoms with Crippen molar-refractivity contribution in [1.29, 1.82) is 0 Å². The van der Waals surface area contributed by atoms with E-state index in [1.165, 1.54) is 21.0 Å². The zero-order valence-electron chi connectivity index (χ0n) is 35.3. The molecule has 13 unspecified atom stereocenters. The standard InChI is InChI=1S/C44H65N3O9/c1-13-35-44(9,52)39(50)27(4)36(46-45-30(7)31-19-21-33(22-20-31)32-17-15-14-16-18-32)25(2)24-43(8,53-12)40(28(5)37(48)29(6)41(51)55-35)56-42-38(49)34(47(10)11)23-26(3)54-42/h14-22,25-29,34-35,38-40,42,49-50,52H,13,23-24H2,1-12H3. The molecular formula is C44H65N3O9. The molecule has 12 heteroatoms. The number of methoxy groups -OCH3 is 1. The van der Waals surface area contributed by atoms with Crippen molar-refractivity contribution >= 4 is 23.2 Å². The molecule has 2 aromatic carbocycles. The first-order valence-corrected chi connectivity index (χ1v) is 19.9. The number of rotatable bonds is 8. The topological polar surface area (TPSA) is 160 Å². The lowest BCUT2D eigenvalue weighted by Crippen LogP contribution is -2.60. The molecule has 12 nitrogen and oxygen atoms in total. The summed E-state index contributed by atoms with van der Waals surface area (Å²) in [5.74, 6) is -4.72. The number of benzene rings is 2. The van der Waals surface area contributed by atoms with Crippen molar-refractivity contribution in [3.05, 3.63) is 60.2 Å². The van der Waals surface area contributed by atoms with Gasteiger partial charge in [-0.2, -0.15) is 10.2 Å². The molecule has 2 aliphatic rings. The molecule has 0 bridgehead atoms. The first kappa shape index (κ1) is 45.3. The summed E-state index contributed by atoms with van der Waals surface area (Å²) >= 11 is 0. The summed E-state index contributed by atoms with van der Waals surface area (Å²) in [5, 5.41) is 44.7. The molecule has 0 saturated carbocycles. The number of ketones is 1. The second-order valence-corrected chi connectivity index (χ2v) is 16.6. The normalized spacial score (nSPS) is 37.7. The molecule has 0 spiro atoms. The highest BCUT2D eigenvalue weighted by Gasteiger charge is 2.51. The summed E-state index contributed by atoms with van der Waals surface area (Å²) in [7, 11) is 5.29. The Kier molecular flexibility index (Phi) is 15.3. The fraction of sp³-hybridized carbons (Fsp3) is 0.636. The predicted octanol–water partition coefficient (Wildman–Crippen LogP) is 5.69. The van der Waals surface area contributed by atoms with E-state index in [4.69, 9.17) is 24.0 Å². The number of nitrogens with zero attached hydrogens (tertiary/aromatic N) is 3. The van der Waals surface area contributed by atoms with Crippen LogP contribution in [-0.2, 0) is 28.5 Å². The highest BCUT2D eigenvalue weighted by atomic mass is 16.7. The van der Waals surface area contributed by atoms with Gasteiger partial charge in [-0.15, -0.1) is 0 Å². The van der Waals surface area contributed by atoms with Gasteiger partial charge in [0, 0.05) is 30.7 Å². The van der Waals surface area contributed by atoms with Crippen molar-refractivity contribution < 1.29 is 43.9 Å². The van der Waals surface area contributed by atoms with Gasteiger partial charge in [-0.1, -0.05) is 82.3 Å². The Balaban J connectivity index is 1.82. The number of hydrogen-bond donors (Lipinski definition) is 3. The van der Waals surface area contributed by atoms with Gasteiger partial charge in [-0.3, -0.25) is 9.59 Å². The van der Waals surface area contributed by atoms with Gasteiger partial charge < -0.3 is 39.2 Å². The van der Waals surface area contributed by atoms with E-state index in [-0.39, 0.29) is 25.0 Å². The number of aliphatic hydroxyl groups is 3. The molecule has 3 N–H and O–H groups in total. The maximum absolute atomic E-state index is 14.2. The van der Waals surface area contributed by atoms with Gasteiger partial charge in [-0.05, 0) is 90.6 Å². The third-order valence-electron chi connectivity index (χ3n) is 12.1. The van der Waals surface area contributed by atoms with Gasteiger partial charge in [0.2, 0.25) is 0 Å². The first-order chi connectivity index (χ1) is 26.3. The van der Waals surface area contributed by atoms with E-state index in [1.54, 1.807) is 20.8 Å². The molecule has 2 aliphatic heterocycles. The molecule has 13 atom stereocenters. The zero-order valence-corrected chi connectivity index (χ0v) is 35.3. The molecule has 0 aromatic heterocycles. The molecule has 310 valence electrons. The number of hydrogen-bond acceptors (Lipinski definition) is 12. The van der Waals surface area contributed by atoms with Crippen molar-refractivity contribution in [2.24, 2.45) is 33.9 Å². The van der Waals surface area contributed by atoms with Crippen LogP contribution in [0.3, 0.4) is 0 Å². The summed E-state index contributed by atoms with van der Waals surface area (Å²) < 4.78 is 24.9. The Hall–Kier alpha value is -3.36. The molecule has 4 rings (SSSR count). The van der Waals surface area contributed by atoms with E-state index in [1.807, 2.05) is 101 Å². The van der Waals surface area contributed by atoms with Gasteiger partial charge in [0.25, 0.3) is 0 Å². The van der Waals surface area contributed by atoms with E-state index in [0.717, 1.165) is 16.7 Å². The fourth-order valence-electron chi connectivity index (χ4n) is 8.36. The van der Waals surface area contributed by atoms with Crippen molar-refractivity contribution in [2.75, 3.05) is 21.2 Å². The molecule has 56 heavy (non-hydrogen) atoms. The Morgan fingerprint density at radius 3 is 2.12 bits per heavy atom. The zero-order chi connectivity index (χ0) is 41.7. The number of likely N-dealkylation sites (N-methyl/N-ethyl adjacent to an activating group) is 1. The summed E-state index contributed by atoms with van der Waals surface area (Å²) in [4.78, 5) is 29.8. The Morgan fingerprint density at radius 1 is 0.946 bits per heavy atom. The van der Waals surface area contributed by atoms with Crippen molar-refractivity contribution in [1.82, 2.24) is 4.90 Å². The van der Waals surface area contributed by atoms with Crippen molar-refractivity contribution in [3.63, 3.8) is 0 Å². The highest BCUT2D eigenvalue weighted by Crippen LogP contribution is 2.38. The summed E-state index contributed by atoms with van der Waals surface area (Å²) in [6.45, 7) is 15.6. The van der Waals surface area contributed by atoms with E-state index in [9.17, 15) is 24.9 Å². The molecule has 0 aliphatic carbocycles. The Labute approximate surface area is 333 Å². The van der Waals surface area contributed by atoms with Crippen LogP contribution in [0.2, 0.25) is 0 Å². The number of carbonyl (C=O) groups is 2. The smallest absolute Gasteiger partial charge is 0.316 e. The van der Waals surface area contributed by atoms with E-state index in [0.29, 0.717) is 17.8 Å². The van der Waals surface area contributed by atoms with Gasteiger partial charge in [0.05, 0.1) is 29.6 Å². The number of cyclic esters (lactones) is 1. The van der Waals surface area contributed by atoms with Gasteiger partial charge >= 0.3 is 5.97 Å². The van der Waals surface area contributed by atoms with Crippen LogP contribution in [0, 0.1) is 23.7 Å². The molecule has 0 amide bonds. The van der Waals surface area contributed by atoms with Crippen molar-refractivity contribution in [3.8, 4) is 11.1 Å². The summed E-state index contributed by atoms with van der Waals surface area (Å²) in [5.41, 5.74) is 0.960.